The lowest BCUT2D eigenvalue weighted by molar-refractivity contribution is 0.0599. The molecule has 2 rings (SSSR count). The highest BCUT2D eigenvalue weighted by Gasteiger charge is 2.20. The Bertz CT molecular complexity index is 786. The van der Waals surface area contributed by atoms with Crippen molar-refractivity contribution in [2.75, 3.05) is 7.11 Å². The van der Waals surface area contributed by atoms with Gasteiger partial charge in [-0.3, -0.25) is 0 Å². The number of para-hydroxylation sites is 1. The predicted octanol–water partition coefficient (Wildman–Crippen LogP) is 2.52. The molecule has 0 aliphatic heterocycles. The number of esters is 1. The molecule has 0 amide bonds. The molecule has 0 fully saturated rings. The predicted molar refractivity (Wildman–Crippen MR) is 77.4 cm³/mol. The average molecular weight is 324 g/mol. The van der Waals surface area contributed by atoms with Crippen LogP contribution in [0, 0.1) is 5.82 Å². The van der Waals surface area contributed by atoms with Gasteiger partial charge in [-0.1, -0.05) is 30.3 Å². The molecule has 0 radical (unpaired) electrons. The summed E-state index contributed by atoms with van der Waals surface area (Å²) >= 11 is 0. The fourth-order valence-electron chi connectivity index (χ4n) is 1.79. The number of methoxy groups -OCH3 is 1. The lowest BCUT2D eigenvalue weighted by Crippen LogP contribution is -2.15. The molecule has 0 aliphatic rings. The molecule has 0 spiro atoms. The van der Waals surface area contributed by atoms with Gasteiger partial charge in [-0.2, -0.15) is 8.42 Å². The van der Waals surface area contributed by atoms with Gasteiger partial charge in [-0.05, 0) is 18.2 Å². The number of benzene rings is 2. The number of hydrogen-bond donors (Lipinski definition) is 0. The summed E-state index contributed by atoms with van der Waals surface area (Å²) in [5.74, 6) is -2.17. The maximum absolute atomic E-state index is 13.5. The molecular weight excluding hydrogens is 311 g/mol. The average Bonchev–Trinajstić information content (AvgIpc) is 2.49. The Morgan fingerprint density at radius 2 is 1.73 bits per heavy atom. The van der Waals surface area contributed by atoms with Crippen LogP contribution in [0.25, 0.3) is 0 Å². The summed E-state index contributed by atoms with van der Waals surface area (Å²) < 4.78 is 47.1. The summed E-state index contributed by atoms with van der Waals surface area (Å²) in [5, 5.41) is 0. The third kappa shape index (κ3) is 3.82. The molecule has 5 nitrogen and oxygen atoms in total. The smallest absolute Gasteiger partial charge is 0.341 e. The molecule has 7 heteroatoms. The van der Waals surface area contributed by atoms with Gasteiger partial charge in [0, 0.05) is 5.56 Å². The number of rotatable bonds is 5. The molecule has 0 aliphatic carbocycles. The van der Waals surface area contributed by atoms with E-state index in [4.69, 9.17) is 4.18 Å². The van der Waals surface area contributed by atoms with Crippen LogP contribution in [0.5, 0.6) is 5.75 Å². The molecule has 22 heavy (non-hydrogen) atoms. The van der Waals surface area contributed by atoms with Gasteiger partial charge in [-0.25, -0.2) is 9.18 Å². The van der Waals surface area contributed by atoms with E-state index >= 15 is 0 Å². The van der Waals surface area contributed by atoms with E-state index in [1.807, 2.05) is 0 Å². The molecule has 0 bridgehead atoms. The van der Waals surface area contributed by atoms with Crippen LogP contribution in [0.1, 0.15) is 15.9 Å². The Balaban J connectivity index is 2.27. The second-order valence-electron chi connectivity index (χ2n) is 4.36. The Morgan fingerprint density at radius 3 is 2.41 bits per heavy atom. The summed E-state index contributed by atoms with van der Waals surface area (Å²) in [6, 6.07) is 11.2. The highest BCUT2D eigenvalue weighted by atomic mass is 32.2. The maximum atomic E-state index is 13.5. The number of carbonyl (C=O) groups is 1. The zero-order valence-electron chi connectivity index (χ0n) is 11.7. The van der Waals surface area contributed by atoms with Crippen LogP contribution >= 0.6 is 0 Å². The van der Waals surface area contributed by atoms with Crippen LogP contribution in [0.2, 0.25) is 0 Å². The highest BCUT2D eigenvalue weighted by Crippen LogP contribution is 2.22. The van der Waals surface area contributed by atoms with Crippen LogP contribution in [-0.4, -0.2) is 21.5 Å². The molecule has 2 aromatic carbocycles. The van der Waals surface area contributed by atoms with Crippen molar-refractivity contribution in [1.29, 1.82) is 0 Å². The van der Waals surface area contributed by atoms with Crippen LogP contribution in [-0.2, 0) is 20.6 Å². The fraction of sp³-hybridized carbons (Fsp3) is 0.133. The molecule has 0 heterocycles. The Hall–Kier alpha value is -2.41. The number of hydrogen-bond acceptors (Lipinski definition) is 5. The molecular formula is C15H13FO5S. The maximum Gasteiger partial charge on any atom is 0.341 e. The van der Waals surface area contributed by atoms with Crippen LogP contribution in [0.3, 0.4) is 0 Å². The molecule has 0 aromatic heterocycles. The van der Waals surface area contributed by atoms with E-state index < -0.39 is 27.7 Å². The zero-order chi connectivity index (χ0) is 16.2. The number of carbonyl (C=O) groups excluding carboxylic acids is 1. The largest absolute Gasteiger partial charge is 0.465 e. The first-order valence-electron chi connectivity index (χ1n) is 6.26. The summed E-state index contributed by atoms with van der Waals surface area (Å²) in [6.45, 7) is 0. The van der Waals surface area contributed by atoms with E-state index in [-0.39, 0.29) is 16.9 Å². The van der Waals surface area contributed by atoms with E-state index in [2.05, 4.69) is 4.74 Å². The van der Waals surface area contributed by atoms with E-state index in [1.165, 1.54) is 43.5 Å². The van der Waals surface area contributed by atoms with Crippen LogP contribution in [0.15, 0.2) is 48.5 Å². The van der Waals surface area contributed by atoms with Crippen molar-refractivity contribution in [2.24, 2.45) is 0 Å². The van der Waals surface area contributed by atoms with Crippen molar-refractivity contribution in [3.63, 3.8) is 0 Å². The molecule has 0 saturated heterocycles. The van der Waals surface area contributed by atoms with Crippen molar-refractivity contribution in [3.8, 4) is 5.75 Å². The Kier molecular flexibility index (Phi) is 4.77. The van der Waals surface area contributed by atoms with Gasteiger partial charge < -0.3 is 8.92 Å². The minimum Gasteiger partial charge on any atom is -0.465 e. The quantitative estimate of drug-likeness (QED) is 0.624. The van der Waals surface area contributed by atoms with Crippen LogP contribution < -0.4 is 4.18 Å². The summed E-state index contributed by atoms with van der Waals surface area (Å²) in [6.07, 6.45) is 0. The summed E-state index contributed by atoms with van der Waals surface area (Å²) in [5.41, 5.74) is -0.0415. The van der Waals surface area contributed by atoms with Crippen molar-refractivity contribution in [3.05, 3.63) is 65.5 Å². The third-order valence-corrected chi connectivity index (χ3v) is 3.90. The lowest BCUT2D eigenvalue weighted by atomic mass is 10.2. The van der Waals surface area contributed by atoms with Crippen LogP contribution in [0.4, 0.5) is 4.39 Å². The van der Waals surface area contributed by atoms with Crippen molar-refractivity contribution in [2.45, 2.75) is 5.75 Å². The first kappa shape index (κ1) is 16.0. The van der Waals surface area contributed by atoms with Gasteiger partial charge in [0.1, 0.15) is 17.1 Å². The Labute approximate surface area is 127 Å². The first-order valence-corrected chi connectivity index (χ1v) is 7.83. The van der Waals surface area contributed by atoms with Gasteiger partial charge in [-0.15, -0.1) is 0 Å². The molecule has 0 saturated carbocycles. The molecule has 116 valence electrons. The van der Waals surface area contributed by atoms with E-state index in [9.17, 15) is 17.6 Å². The normalized spacial score (nSPS) is 11.0. The monoisotopic (exact) mass is 324 g/mol. The van der Waals surface area contributed by atoms with E-state index in [0.717, 1.165) is 6.07 Å². The molecule has 0 N–H and O–H groups in total. The van der Waals surface area contributed by atoms with Gasteiger partial charge in [0.2, 0.25) is 0 Å². The lowest BCUT2D eigenvalue weighted by Gasteiger charge is -2.10. The van der Waals surface area contributed by atoms with Crippen molar-refractivity contribution >= 4 is 16.1 Å². The second-order valence-corrected chi connectivity index (χ2v) is 5.94. The van der Waals surface area contributed by atoms with Crippen molar-refractivity contribution < 1.29 is 26.5 Å². The first-order chi connectivity index (χ1) is 10.4. The molecule has 0 atom stereocenters. The van der Waals surface area contributed by atoms with Gasteiger partial charge >= 0.3 is 16.1 Å². The number of ether oxygens (including phenoxy) is 1. The SMILES string of the molecule is COC(=O)c1ccccc1OS(=O)(=O)Cc1ccccc1F. The molecule has 0 unspecified atom stereocenters. The minimum atomic E-state index is -4.12. The summed E-state index contributed by atoms with van der Waals surface area (Å²) in [7, 11) is -2.95. The van der Waals surface area contributed by atoms with E-state index in [1.54, 1.807) is 6.07 Å². The Morgan fingerprint density at radius 1 is 1.09 bits per heavy atom. The standard InChI is InChI=1S/C15H13FO5S/c1-20-15(17)12-7-3-5-9-14(12)21-22(18,19)10-11-6-2-4-8-13(11)16/h2-9H,10H2,1H3. The summed E-state index contributed by atoms with van der Waals surface area (Å²) in [4.78, 5) is 11.6. The van der Waals surface area contributed by atoms with Gasteiger partial charge in [0.25, 0.3) is 0 Å². The van der Waals surface area contributed by atoms with Gasteiger partial charge in [0.05, 0.1) is 7.11 Å². The van der Waals surface area contributed by atoms with E-state index in [0.29, 0.717) is 0 Å². The highest BCUT2D eigenvalue weighted by molar-refractivity contribution is 7.86. The fourth-order valence-corrected chi connectivity index (χ4v) is 2.88. The van der Waals surface area contributed by atoms with Gasteiger partial charge in [0.15, 0.2) is 5.75 Å². The zero-order valence-corrected chi connectivity index (χ0v) is 12.5. The number of halogens is 1. The minimum absolute atomic E-state index is 0.0157. The third-order valence-electron chi connectivity index (χ3n) is 2.80. The topological polar surface area (TPSA) is 69.7 Å². The second kappa shape index (κ2) is 6.57. The van der Waals surface area contributed by atoms with Crippen molar-refractivity contribution in [1.82, 2.24) is 0 Å². The molecule has 2 aromatic rings.